The fourth-order valence-electron chi connectivity index (χ4n) is 2.69. The SMILES string of the molecule is CCNC(=NCc1ccc(C)cc1OCCC(C)C)NCC1(C)COC1.I. The molecule has 1 fully saturated rings. The lowest BCUT2D eigenvalue weighted by atomic mass is 9.89. The van der Waals surface area contributed by atoms with Gasteiger partial charge in [0.2, 0.25) is 0 Å². The van der Waals surface area contributed by atoms with Gasteiger partial charge in [-0.15, -0.1) is 24.0 Å². The Hall–Kier alpha value is -1.02. The number of ether oxygens (including phenoxy) is 2. The summed E-state index contributed by atoms with van der Waals surface area (Å²) in [6, 6.07) is 6.35. The summed E-state index contributed by atoms with van der Waals surface area (Å²) in [7, 11) is 0. The smallest absolute Gasteiger partial charge is 0.191 e. The van der Waals surface area contributed by atoms with Gasteiger partial charge in [-0.2, -0.15) is 0 Å². The van der Waals surface area contributed by atoms with Gasteiger partial charge >= 0.3 is 0 Å². The largest absolute Gasteiger partial charge is 0.493 e. The molecule has 1 aliphatic heterocycles. The molecule has 0 radical (unpaired) electrons. The third kappa shape index (κ3) is 8.25. The summed E-state index contributed by atoms with van der Waals surface area (Å²) in [5.74, 6) is 2.43. The van der Waals surface area contributed by atoms with Crippen molar-refractivity contribution in [2.75, 3.05) is 32.9 Å². The van der Waals surface area contributed by atoms with Crippen molar-refractivity contribution in [3.63, 3.8) is 0 Å². The van der Waals surface area contributed by atoms with E-state index in [0.717, 1.165) is 56.6 Å². The first-order chi connectivity index (χ1) is 12.4. The van der Waals surface area contributed by atoms with Gasteiger partial charge in [0, 0.05) is 24.1 Å². The Morgan fingerprint density at radius 2 is 2.04 bits per heavy atom. The molecule has 27 heavy (non-hydrogen) atoms. The number of halogens is 1. The fourth-order valence-corrected chi connectivity index (χ4v) is 2.69. The minimum atomic E-state index is 0. The second-order valence-electron chi connectivity index (χ2n) is 7.99. The van der Waals surface area contributed by atoms with Gasteiger partial charge in [-0.05, 0) is 37.8 Å². The average molecular weight is 489 g/mol. The van der Waals surface area contributed by atoms with Crippen LogP contribution in [0.5, 0.6) is 5.75 Å². The van der Waals surface area contributed by atoms with E-state index >= 15 is 0 Å². The van der Waals surface area contributed by atoms with Gasteiger partial charge in [-0.3, -0.25) is 0 Å². The first kappa shape index (κ1) is 24.0. The van der Waals surface area contributed by atoms with Crippen LogP contribution in [0.4, 0.5) is 0 Å². The molecule has 0 amide bonds. The fraction of sp³-hybridized carbons (Fsp3) is 0.667. The highest BCUT2D eigenvalue weighted by Gasteiger charge is 2.33. The number of nitrogens with zero attached hydrogens (tertiary/aromatic N) is 1. The first-order valence-electron chi connectivity index (χ1n) is 9.74. The highest BCUT2D eigenvalue weighted by molar-refractivity contribution is 14.0. The van der Waals surface area contributed by atoms with Crippen LogP contribution < -0.4 is 15.4 Å². The van der Waals surface area contributed by atoms with E-state index in [1.165, 1.54) is 5.56 Å². The Bertz CT molecular complexity index is 601. The van der Waals surface area contributed by atoms with Crippen LogP contribution in [0.25, 0.3) is 0 Å². The molecule has 0 aromatic heterocycles. The van der Waals surface area contributed by atoms with Crippen LogP contribution in [-0.2, 0) is 11.3 Å². The summed E-state index contributed by atoms with van der Waals surface area (Å²) in [4.78, 5) is 4.75. The quantitative estimate of drug-likeness (QED) is 0.311. The van der Waals surface area contributed by atoms with Crippen molar-refractivity contribution in [1.82, 2.24) is 10.6 Å². The lowest BCUT2D eigenvalue weighted by Crippen LogP contribution is -2.51. The van der Waals surface area contributed by atoms with Crippen LogP contribution in [0.1, 0.15) is 45.2 Å². The Morgan fingerprint density at radius 3 is 2.63 bits per heavy atom. The van der Waals surface area contributed by atoms with Crippen LogP contribution in [0.3, 0.4) is 0 Å². The third-order valence-corrected chi connectivity index (χ3v) is 4.51. The van der Waals surface area contributed by atoms with E-state index in [0.29, 0.717) is 12.5 Å². The number of aryl methyl sites for hydroxylation is 1. The maximum absolute atomic E-state index is 6.04. The first-order valence-corrected chi connectivity index (χ1v) is 9.74. The van der Waals surface area contributed by atoms with E-state index in [-0.39, 0.29) is 29.4 Å². The summed E-state index contributed by atoms with van der Waals surface area (Å²) in [5.41, 5.74) is 2.54. The van der Waals surface area contributed by atoms with E-state index in [1.807, 2.05) is 0 Å². The lowest BCUT2D eigenvalue weighted by Gasteiger charge is -2.38. The van der Waals surface area contributed by atoms with Gasteiger partial charge in [0.25, 0.3) is 0 Å². The molecule has 0 saturated carbocycles. The molecule has 1 aliphatic rings. The van der Waals surface area contributed by atoms with Crippen molar-refractivity contribution in [2.24, 2.45) is 16.3 Å². The second kappa shape index (κ2) is 11.7. The number of aliphatic imine (C=N–C) groups is 1. The maximum Gasteiger partial charge on any atom is 0.191 e. The molecule has 1 saturated heterocycles. The van der Waals surface area contributed by atoms with E-state index in [1.54, 1.807) is 0 Å². The Kier molecular flexibility index (Phi) is 10.4. The molecule has 0 atom stereocenters. The summed E-state index contributed by atoms with van der Waals surface area (Å²) < 4.78 is 11.4. The molecule has 2 rings (SSSR count). The van der Waals surface area contributed by atoms with E-state index < -0.39 is 0 Å². The van der Waals surface area contributed by atoms with Gasteiger partial charge in [-0.1, -0.05) is 32.9 Å². The molecule has 5 nitrogen and oxygen atoms in total. The molecule has 0 spiro atoms. The average Bonchev–Trinajstić information content (AvgIpc) is 2.56. The van der Waals surface area contributed by atoms with Gasteiger partial charge in [0.05, 0.1) is 26.4 Å². The molecule has 154 valence electrons. The molecular weight excluding hydrogens is 453 g/mol. The molecule has 1 aromatic rings. The van der Waals surface area contributed by atoms with Crippen molar-refractivity contribution in [3.8, 4) is 5.75 Å². The standard InChI is InChI=1S/C21H35N3O2.HI/c1-6-22-20(24-13-21(5)14-25-15-21)23-12-18-8-7-17(4)11-19(18)26-10-9-16(2)3;/h7-8,11,16H,6,9-10,12-15H2,1-5H3,(H2,22,23,24);1H. The highest BCUT2D eigenvalue weighted by Crippen LogP contribution is 2.25. The topological polar surface area (TPSA) is 54.9 Å². The molecular formula is C21H36IN3O2. The summed E-state index contributed by atoms with van der Waals surface area (Å²) in [5, 5.41) is 6.76. The number of rotatable bonds is 9. The maximum atomic E-state index is 6.04. The summed E-state index contributed by atoms with van der Waals surface area (Å²) in [6.07, 6.45) is 1.06. The summed E-state index contributed by atoms with van der Waals surface area (Å²) >= 11 is 0. The molecule has 1 aromatic carbocycles. The predicted octanol–water partition coefficient (Wildman–Crippen LogP) is 4.13. The zero-order valence-electron chi connectivity index (χ0n) is 17.4. The van der Waals surface area contributed by atoms with Crippen molar-refractivity contribution in [3.05, 3.63) is 29.3 Å². The Morgan fingerprint density at radius 1 is 1.30 bits per heavy atom. The summed E-state index contributed by atoms with van der Waals surface area (Å²) in [6.45, 7) is 15.5. The van der Waals surface area contributed by atoms with Gasteiger partial charge < -0.3 is 20.1 Å². The number of hydrogen-bond donors (Lipinski definition) is 2. The monoisotopic (exact) mass is 489 g/mol. The van der Waals surface area contributed by atoms with Gasteiger partial charge in [0.1, 0.15) is 5.75 Å². The van der Waals surface area contributed by atoms with Crippen LogP contribution in [-0.4, -0.2) is 38.9 Å². The van der Waals surface area contributed by atoms with Crippen LogP contribution >= 0.6 is 24.0 Å². The van der Waals surface area contributed by atoms with Crippen molar-refractivity contribution >= 4 is 29.9 Å². The number of nitrogens with one attached hydrogen (secondary N) is 2. The van der Waals surface area contributed by atoms with Crippen molar-refractivity contribution in [2.45, 2.75) is 47.6 Å². The van der Waals surface area contributed by atoms with E-state index in [4.69, 9.17) is 14.5 Å². The molecule has 0 aliphatic carbocycles. The molecule has 0 bridgehead atoms. The van der Waals surface area contributed by atoms with Crippen molar-refractivity contribution in [1.29, 1.82) is 0 Å². The van der Waals surface area contributed by atoms with E-state index in [9.17, 15) is 0 Å². The zero-order valence-corrected chi connectivity index (χ0v) is 19.8. The lowest BCUT2D eigenvalue weighted by molar-refractivity contribution is -0.0971. The minimum Gasteiger partial charge on any atom is -0.493 e. The number of guanidine groups is 1. The zero-order chi connectivity index (χ0) is 19.0. The molecule has 1 heterocycles. The second-order valence-corrected chi connectivity index (χ2v) is 7.99. The molecule has 2 N–H and O–H groups in total. The van der Waals surface area contributed by atoms with Gasteiger partial charge in [0.15, 0.2) is 5.96 Å². The highest BCUT2D eigenvalue weighted by atomic mass is 127. The molecule has 0 unspecified atom stereocenters. The number of hydrogen-bond acceptors (Lipinski definition) is 3. The van der Waals surface area contributed by atoms with Crippen LogP contribution in [0.2, 0.25) is 0 Å². The van der Waals surface area contributed by atoms with Crippen molar-refractivity contribution < 1.29 is 9.47 Å². The Labute approximate surface area is 181 Å². The van der Waals surface area contributed by atoms with Crippen LogP contribution in [0.15, 0.2) is 23.2 Å². The minimum absolute atomic E-state index is 0. The predicted molar refractivity (Wildman–Crippen MR) is 123 cm³/mol. The molecule has 6 heteroatoms. The normalized spacial score (nSPS) is 15.7. The van der Waals surface area contributed by atoms with Crippen LogP contribution in [0, 0.1) is 18.3 Å². The number of benzene rings is 1. The van der Waals surface area contributed by atoms with E-state index in [2.05, 4.69) is 63.5 Å². The Balaban J connectivity index is 0.00000364. The van der Waals surface area contributed by atoms with Gasteiger partial charge in [-0.25, -0.2) is 4.99 Å². The third-order valence-electron chi connectivity index (χ3n) is 4.51.